The van der Waals surface area contributed by atoms with Crippen LogP contribution in [0.3, 0.4) is 0 Å². The molecule has 2 aromatic rings. The van der Waals surface area contributed by atoms with Crippen LogP contribution in [0.1, 0.15) is 59.0 Å². The van der Waals surface area contributed by atoms with Gasteiger partial charge in [0.2, 0.25) is 0 Å². The second-order valence-electron chi connectivity index (χ2n) is 7.73. The number of rotatable bonds is 3. The highest BCUT2D eigenvalue weighted by Crippen LogP contribution is 2.29. The summed E-state index contributed by atoms with van der Waals surface area (Å²) in [5.74, 6) is 2.20. The third kappa shape index (κ3) is 3.94. The topological polar surface area (TPSA) is 62.2 Å². The van der Waals surface area contributed by atoms with E-state index in [4.69, 9.17) is 4.98 Å². The van der Waals surface area contributed by atoms with Gasteiger partial charge >= 0.3 is 0 Å². The highest BCUT2D eigenvalue weighted by atomic mass is 16.2. The van der Waals surface area contributed by atoms with Gasteiger partial charge in [0.05, 0.1) is 11.3 Å². The molecule has 0 bridgehead atoms. The van der Waals surface area contributed by atoms with Gasteiger partial charge in [0.25, 0.3) is 5.91 Å². The van der Waals surface area contributed by atoms with E-state index in [1.807, 2.05) is 24.8 Å². The molecule has 6 nitrogen and oxygen atoms in total. The predicted molar refractivity (Wildman–Crippen MR) is 105 cm³/mol. The van der Waals surface area contributed by atoms with Gasteiger partial charge in [-0.25, -0.2) is 9.97 Å². The van der Waals surface area contributed by atoms with E-state index >= 15 is 0 Å². The summed E-state index contributed by atoms with van der Waals surface area (Å²) >= 11 is 0. The fraction of sp³-hybridized carbons (Fsp3) is 0.524. The van der Waals surface area contributed by atoms with Crippen molar-refractivity contribution in [3.05, 3.63) is 47.2 Å². The smallest absolute Gasteiger partial charge is 0.255 e. The van der Waals surface area contributed by atoms with Gasteiger partial charge in [0, 0.05) is 50.6 Å². The van der Waals surface area contributed by atoms with Crippen molar-refractivity contribution in [3.63, 3.8) is 0 Å². The summed E-state index contributed by atoms with van der Waals surface area (Å²) in [5.41, 5.74) is 2.76. The highest BCUT2D eigenvalue weighted by Gasteiger charge is 2.27. The van der Waals surface area contributed by atoms with Gasteiger partial charge in [-0.3, -0.25) is 9.78 Å². The molecule has 0 saturated carbocycles. The first-order valence-corrected chi connectivity index (χ1v) is 9.91. The van der Waals surface area contributed by atoms with E-state index in [0.29, 0.717) is 12.1 Å². The zero-order chi connectivity index (χ0) is 18.8. The highest BCUT2D eigenvalue weighted by molar-refractivity contribution is 5.94. The quantitative estimate of drug-likeness (QED) is 0.836. The first kappa shape index (κ1) is 17.9. The molecule has 2 saturated heterocycles. The van der Waals surface area contributed by atoms with Gasteiger partial charge in [0.15, 0.2) is 0 Å². The third-order valence-electron chi connectivity index (χ3n) is 5.52. The van der Waals surface area contributed by atoms with Crippen LogP contribution in [0.15, 0.2) is 24.5 Å². The standard InChI is InChI=1S/C21H27N5O/c1-15-10-18(13-22-12-15)21(27)26-9-5-6-17(14-26)19-11-20(24-16(2)23-19)25-7-3-4-8-25/h10-13,17H,3-9,14H2,1-2H3. The zero-order valence-corrected chi connectivity index (χ0v) is 16.2. The molecule has 2 aliphatic rings. The second kappa shape index (κ2) is 7.62. The summed E-state index contributed by atoms with van der Waals surface area (Å²) < 4.78 is 0. The number of carbonyl (C=O) groups is 1. The van der Waals surface area contributed by atoms with Crippen LogP contribution in [-0.2, 0) is 0 Å². The number of hydrogen-bond acceptors (Lipinski definition) is 5. The lowest BCUT2D eigenvalue weighted by Crippen LogP contribution is -2.39. The van der Waals surface area contributed by atoms with Gasteiger partial charge in [-0.05, 0) is 51.2 Å². The Kier molecular flexibility index (Phi) is 5.05. The lowest BCUT2D eigenvalue weighted by molar-refractivity contribution is 0.0705. The summed E-state index contributed by atoms with van der Waals surface area (Å²) in [7, 11) is 0. The van der Waals surface area contributed by atoms with Crippen molar-refractivity contribution in [2.75, 3.05) is 31.1 Å². The number of carbonyl (C=O) groups excluding carboxylic acids is 1. The van der Waals surface area contributed by atoms with Gasteiger partial charge < -0.3 is 9.80 Å². The number of aryl methyl sites for hydroxylation is 2. The van der Waals surface area contributed by atoms with Crippen molar-refractivity contribution in [1.82, 2.24) is 19.9 Å². The Hall–Kier alpha value is -2.50. The number of piperidine rings is 1. The lowest BCUT2D eigenvalue weighted by atomic mass is 9.94. The van der Waals surface area contributed by atoms with Crippen molar-refractivity contribution in [2.24, 2.45) is 0 Å². The Morgan fingerprint density at radius 3 is 2.63 bits per heavy atom. The molecule has 0 aromatic carbocycles. The minimum Gasteiger partial charge on any atom is -0.357 e. The molecule has 2 fully saturated rings. The third-order valence-corrected chi connectivity index (χ3v) is 5.52. The average molecular weight is 365 g/mol. The van der Waals surface area contributed by atoms with Gasteiger partial charge in [-0.15, -0.1) is 0 Å². The molecule has 4 heterocycles. The van der Waals surface area contributed by atoms with Gasteiger partial charge in [-0.2, -0.15) is 0 Å². The average Bonchev–Trinajstić information content (AvgIpc) is 3.22. The number of anilines is 1. The number of pyridine rings is 1. The molecule has 1 unspecified atom stereocenters. The zero-order valence-electron chi connectivity index (χ0n) is 16.2. The van der Waals surface area contributed by atoms with Crippen LogP contribution in [0, 0.1) is 13.8 Å². The lowest BCUT2D eigenvalue weighted by Gasteiger charge is -2.33. The maximum absolute atomic E-state index is 12.9. The van der Waals surface area contributed by atoms with Crippen molar-refractivity contribution in [1.29, 1.82) is 0 Å². The van der Waals surface area contributed by atoms with Crippen LogP contribution >= 0.6 is 0 Å². The van der Waals surface area contributed by atoms with Crippen molar-refractivity contribution >= 4 is 11.7 Å². The van der Waals surface area contributed by atoms with Crippen LogP contribution < -0.4 is 4.90 Å². The van der Waals surface area contributed by atoms with Crippen LogP contribution in [-0.4, -0.2) is 51.9 Å². The van der Waals surface area contributed by atoms with Crippen molar-refractivity contribution in [3.8, 4) is 0 Å². The fourth-order valence-electron chi connectivity index (χ4n) is 4.15. The van der Waals surface area contributed by atoms with Crippen molar-refractivity contribution < 1.29 is 4.79 Å². The Morgan fingerprint density at radius 1 is 1.04 bits per heavy atom. The number of aromatic nitrogens is 3. The molecular weight excluding hydrogens is 338 g/mol. The number of hydrogen-bond donors (Lipinski definition) is 0. The van der Waals surface area contributed by atoms with Crippen LogP contribution in [0.2, 0.25) is 0 Å². The van der Waals surface area contributed by atoms with Gasteiger partial charge in [-0.1, -0.05) is 0 Å². The molecule has 1 amide bonds. The minimum absolute atomic E-state index is 0.0708. The van der Waals surface area contributed by atoms with E-state index in [9.17, 15) is 4.79 Å². The molecule has 1 atom stereocenters. The van der Waals surface area contributed by atoms with E-state index in [-0.39, 0.29) is 11.8 Å². The van der Waals surface area contributed by atoms with Crippen LogP contribution in [0.25, 0.3) is 0 Å². The molecule has 27 heavy (non-hydrogen) atoms. The number of likely N-dealkylation sites (tertiary alicyclic amines) is 1. The van der Waals surface area contributed by atoms with Crippen molar-refractivity contribution in [2.45, 2.75) is 45.4 Å². The Morgan fingerprint density at radius 2 is 1.85 bits per heavy atom. The van der Waals surface area contributed by atoms with E-state index in [0.717, 1.165) is 55.4 Å². The van der Waals surface area contributed by atoms with E-state index in [1.165, 1.54) is 12.8 Å². The summed E-state index contributed by atoms with van der Waals surface area (Å²) in [6.45, 7) is 7.59. The molecule has 142 valence electrons. The largest absolute Gasteiger partial charge is 0.357 e. The molecule has 6 heteroatoms. The summed E-state index contributed by atoms with van der Waals surface area (Å²) in [4.78, 5) is 30.8. The van der Waals surface area contributed by atoms with Crippen LogP contribution in [0.5, 0.6) is 0 Å². The number of amides is 1. The Balaban J connectivity index is 1.53. The maximum atomic E-state index is 12.9. The SMILES string of the molecule is Cc1cncc(C(=O)N2CCCC(c3cc(N4CCCC4)nc(C)n3)C2)c1. The molecule has 4 rings (SSSR count). The molecule has 0 aliphatic carbocycles. The first-order chi connectivity index (χ1) is 13.1. The Bertz CT molecular complexity index is 831. The fourth-order valence-corrected chi connectivity index (χ4v) is 4.15. The monoisotopic (exact) mass is 365 g/mol. The van der Waals surface area contributed by atoms with Crippen LogP contribution in [0.4, 0.5) is 5.82 Å². The van der Waals surface area contributed by atoms with Gasteiger partial charge in [0.1, 0.15) is 11.6 Å². The summed E-state index contributed by atoms with van der Waals surface area (Å²) in [6.07, 6.45) is 7.96. The molecular formula is C21H27N5O. The molecule has 0 radical (unpaired) electrons. The first-order valence-electron chi connectivity index (χ1n) is 9.91. The molecule has 0 N–H and O–H groups in total. The van der Waals surface area contributed by atoms with E-state index in [1.54, 1.807) is 12.4 Å². The maximum Gasteiger partial charge on any atom is 0.255 e. The Labute approximate surface area is 160 Å². The van der Waals surface area contributed by atoms with E-state index in [2.05, 4.69) is 20.9 Å². The second-order valence-corrected chi connectivity index (χ2v) is 7.73. The molecule has 0 spiro atoms. The summed E-state index contributed by atoms with van der Waals surface area (Å²) in [6, 6.07) is 4.06. The minimum atomic E-state index is 0.0708. The molecule has 2 aromatic heterocycles. The number of nitrogens with zero attached hydrogens (tertiary/aromatic N) is 5. The summed E-state index contributed by atoms with van der Waals surface area (Å²) in [5, 5.41) is 0. The van der Waals surface area contributed by atoms with E-state index < -0.39 is 0 Å². The molecule has 2 aliphatic heterocycles. The normalized spacial score (nSPS) is 20.1. The predicted octanol–water partition coefficient (Wildman–Crippen LogP) is 3.11.